The van der Waals surface area contributed by atoms with Crippen LogP contribution in [-0.4, -0.2) is 60.7 Å². The van der Waals surface area contributed by atoms with Crippen molar-refractivity contribution < 1.29 is 14.3 Å². The van der Waals surface area contributed by atoms with Crippen molar-refractivity contribution in [2.24, 2.45) is 11.7 Å². The average Bonchev–Trinajstić information content (AvgIpc) is 3.17. The minimum atomic E-state index is -0.805. The summed E-state index contributed by atoms with van der Waals surface area (Å²) in [7, 11) is 0. The maximum Gasteiger partial charge on any atom is 0.223 e. The number of nitrogens with zero attached hydrogens (tertiary/aromatic N) is 5. The molecule has 1 aromatic carbocycles. The van der Waals surface area contributed by atoms with Gasteiger partial charge in [0, 0.05) is 17.7 Å². The predicted octanol–water partition coefficient (Wildman–Crippen LogP) is 3.26. The molecule has 10 nitrogen and oxygen atoms in total. The number of nitrogens with two attached hydrogens (primary N) is 1. The van der Waals surface area contributed by atoms with Gasteiger partial charge in [-0.3, -0.25) is 4.79 Å². The van der Waals surface area contributed by atoms with Gasteiger partial charge in [-0.25, -0.2) is 14.6 Å². The Kier molecular flexibility index (Phi) is 5.88. The number of aromatic nitrogens is 5. The molecule has 1 amide bonds. The molecule has 0 spiro atoms. The fourth-order valence-electron chi connectivity index (χ4n) is 5.46. The van der Waals surface area contributed by atoms with Crippen molar-refractivity contribution in [2.45, 2.75) is 81.2 Å². The highest BCUT2D eigenvalue weighted by Crippen LogP contribution is 2.48. The Morgan fingerprint density at radius 3 is 2.72 bits per heavy atom. The fraction of sp³-hybridized carbons (Fsp3) is 0.560. The van der Waals surface area contributed by atoms with Gasteiger partial charge >= 0.3 is 0 Å². The molecular weight excluding hydrogens is 478 g/mol. The van der Waals surface area contributed by atoms with E-state index in [1.54, 1.807) is 16.4 Å². The van der Waals surface area contributed by atoms with E-state index in [1.807, 2.05) is 19.9 Å². The Hall–Kier alpha value is -2.76. The van der Waals surface area contributed by atoms with Crippen LogP contribution in [0.15, 0.2) is 35.5 Å². The molecule has 11 heteroatoms. The third-order valence-corrected chi connectivity index (χ3v) is 8.25. The van der Waals surface area contributed by atoms with Crippen LogP contribution in [0, 0.1) is 5.92 Å². The second-order valence-corrected chi connectivity index (χ2v) is 11.4. The topological polar surface area (TPSA) is 130 Å². The van der Waals surface area contributed by atoms with Gasteiger partial charge < -0.3 is 20.5 Å². The third kappa shape index (κ3) is 4.22. The summed E-state index contributed by atoms with van der Waals surface area (Å²) < 4.78 is 14.1. The van der Waals surface area contributed by atoms with E-state index in [-0.39, 0.29) is 18.2 Å². The van der Waals surface area contributed by atoms with Crippen molar-refractivity contribution in [3.63, 3.8) is 0 Å². The van der Waals surface area contributed by atoms with Crippen LogP contribution in [0.5, 0.6) is 0 Å². The standard InChI is InChI=1S/C25H31N7O3S/c1-4-10-36-24-28-22(27-16-11-14(16)13-8-6-5-7-9-13)18-23(29-24)32(31-30-18)17-12-15(21(26)33)19-20(17)35-25(2,3)34-19/h5-9,14-17,19-20H,4,10-12H2,1-3H3,(H2,26,33)(H,27,28,29). The number of anilines is 1. The van der Waals surface area contributed by atoms with Crippen molar-refractivity contribution >= 4 is 34.7 Å². The van der Waals surface area contributed by atoms with E-state index < -0.39 is 23.7 Å². The molecule has 2 saturated carbocycles. The minimum absolute atomic E-state index is 0.274. The monoisotopic (exact) mass is 509 g/mol. The van der Waals surface area contributed by atoms with Crippen LogP contribution in [0.2, 0.25) is 0 Å². The lowest BCUT2D eigenvalue weighted by Crippen LogP contribution is -2.34. The number of primary amides is 1. The number of carbonyl (C=O) groups is 1. The highest BCUT2D eigenvalue weighted by molar-refractivity contribution is 7.99. The van der Waals surface area contributed by atoms with Gasteiger partial charge in [-0.2, -0.15) is 0 Å². The summed E-state index contributed by atoms with van der Waals surface area (Å²) in [6.45, 7) is 5.83. The lowest BCUT2D eigenvalue weighted by atomic mass is 10.1. The number of rotatable bonds is 8. The molecule has 3 N–H and O–H groups in total. The first-order valence-electron chi connectivity index (χ1n) is 12.6. The van der Waals surface area contributed by atoms with Crippen LogP contribution in [0.1, 0.15) is 57.6 Å². The Morgan fingerprint density at radius 1 is 1.19 bits per heavy atom. The molecule has 2 aromatic heterocycles. The zero-order chi connectivity index (χ0) is 25.0. The Morgan fingerprint density at radius 2 is 1.97 bits per heavy atom. The van der Waals surface area contributed by atoms with Gasteiger partial charge in [0.05, 0.1) is 12.0 Å². The molecule has 6 atom stereocenters. The van der Waals surface area contributed by atoms with E-state index in [0.29, 0.717) is 34.5 Å². The Balaban J connectivity index is 1.35. The van der Waals surface area contributed by atoms with Gasteiger partial charge in [-0.15, -0.1) is 5.10 Å². The van der Waals surface area contributed by atoms with Gasteiger partial charge in [-0.1, -0.05) is 54.2 Å². The molecule has 3 aliphatic rings. The van der Waals surface area contributed by atoms with Crippen molar-refractivity contribution in [2.75, 3.05) is 11.1 Å². The molecule has 6 rings (SSSR count). The van der Waals surface area contributed by atoms with Gasteiger partial charge in [0.1, 0.15) is 12.2 Å². The molecule has 3 fully saturated rings. The van der Waals surface area contributed by atoms with E-state index in [0.717, 1.165) is 18.6 Å². The van der Waals surface area contributed by atoms with Crippen molar-refractivity contribution in [3.05, 3.63) is 35.9 Å². The lowest BCUT2D eigenvalue weighted by molar-refractivity contribution is -0.162. The summed E-state index contributed by atoms with van der Waals surface area (Å²) in [5, 5.41) is 13.3. The van der Waals surface area contributed by atoms with Crippen molar-refractivity contribution in [1.29, 1.82) is 0 Å². The summed E-state index contributed by atoms with van der Waals surface area (Å²) in [6, 6.07) is 10.5. The normalized spacial score (nSPS) is 30.4. The number of hydrogen-bond acceptors (Lipinski definition) is 9. The molecule has 3 aromatic rings. The summed E-state index contributed by atoms with van der Waals surface area (Å²) in [5.41, 5.74) is 8.30. The number of carbonyl (C=O) groups excluding carboxylic acids is 1. The predicted molar refractivity (Wildman–Crippen MR) is 136 cm³/mol. The van der Waals surface area contributed by atoms with E-state index in [4.69, 9.17) is 25.2 Å². The first-order chi connectivity index (χ1) is 17.3. The highest BCUT2D eigenvalue weighted by Gasteiger charge is 2.57. The van der Waals surface area contributed by atoms with E-state index in [9.17, 15) is 4.79 Å². The molecule has 36 heavy (non-hydrogen) atoms. The summed E-state index contributed by atoms with van der Waals surface area (Å²) in [6.07, 6.45) is 1.72. The average molecular weight is 510 g/mol. The number of hydrogen-bond donors (Lipinski definition) is 2. The summed E-state index contributed by atoms with van der Waals surface area (Å²) in [5.74, 6) is 0.378. The van der Waals surface area contributed by atoms with Crippen LogP contribution in [0.25, 0.3) is 11.2 Å². The third-order valence-electron chi connectivity index (χ3n) is 7.19. The molecule has 6 unspecified atom stereocenters. The van der Waals surface area contributed by atoms with Gasteiger partial charge in [0.15, 0.2) is 27.9 Å². The van der Waals surface area contributed by atoms with Crippen LogP contribution < -0.4 is 11.1 Å². The largest absolute Gasteiger partial charge is 0.369 e. The number of ether oxygens (including phenoxy) is 2. The molecule has 3 heterocycles. The van der Waals surface area contributed by atoms with Gasteiger partial charge in [0.25, 0.3) is 0 Å². The maximum atomic E-state index is 12.2. The van der Waals surface area contributed by atoms with E-state index in [1.165, 1.54) is 5.56 Å². The summed E-state index contributed by atoms with van der Waals surface area (Å²) in [4.78, 5) is 21.9. The second-order valence-electron chi connectivity index (χ2n) is 10.3. The minimum Gasteiger partial charge on any atom is -0.369 e. The summed E-state index contributed by atoms with van der Waals surface area (Å²) >= 11 is 1.61. The quantitative estimate of drug-likeness (QED) is 0.347. The molecular formula is C25H31N7O3S. The van der Waals surface area contributed by atoms with Gasteiger partial charge in [0.2, 0.25) is 5.91 Å². The molecule has 190 valence electrons. The Labute approximate surface area is 213 Å². The van der Waals surface area contributed by atoms with Crippen molar-refractivity contribution in [1.82, 2.24) is 25.0 Å². The molecule has 2 aliphatic carbocycles. The fourth-order valence-corrected chi connectivity index (χ4v) is 6.16. The first kappa shape index (κ1) is 23.6. The Bertz CT molecular complexity index is 1280. The maximum absolute atomic E-state index is 12.2. The molecule has 1 aliphatic heterocycles. The zero-order valence-electron chi connectivity index (χ0n) is 20.6. The van der Waals surface area contributed by atoms with E-state index >= 15 is 0 Å². The molecule has 1 saturated heterocycles. The van der Waals surface area contributed by atoms with Gasteiger partial charge in [-0.05, 0) is 38.7 Å². The SMILES string of the molecule is CCCSc1nc(NC2CC2c2ccccc2)c2nnn(C3CC(C(N)=O)C4OC(C)(C)OC43)c2n1. The molecule has 0 bridgehead atoms. The first-order valence-corrected chi connectivity index (χ1v) is 13.6. The van der Waals surface area contributed by atoms with Crippen LogP contribution in [-0.2, 0) is 14.3 Å². The van der Waals surface area contributed by atoms with Crippen LogP contribution in [0.4, 0.5) is 5.82 Å². The number of benzene rings is 1. The second kappa shape index (κ2) is 8.97. The van der Waals surface area contributed by atoms with Crippen LogP contribution in [0.3, 0.4) is 0 Å². The number of nitrogens with one attached hydrogen (secondary N) is 1. The van der Waals surface area contributed by atoms with E-state index in [2.05, 4.69) is 46.8 Å². The smallest absolute Gasteiger partial charge is 0.223 e. The number of fused-ring (bicyclic) bond motifs is 2. The number of thioether (sulfide) groups is 1. The van der Waals surface area contributed by atoms with Crippen molar-refractivity contribution in [3.8, 4) is 0 Å². The van der Waals surface area contributed by atoms with Crippen LogP contribution >= 0.6 is 11.8 Å². The molecule has 0 radical (unpaired) electrons. The number of amides is 1. The highest BCUT2D eigenvalue weighted by atomic mass is 32.2. The zero-order valence-corrected chi connectivity index (χ0v) is 21.4. The lowest BCUT2D eigenvalue weighted by Gasteiger charge is -2.22.